The molecule has 0 unspecified atom stereocenters. The van der Waals surface area contributed by atoms with Crippen molar-refractivity contribution in [3.05, 3.63) is 29.3 Å². The molecule has 1 N–H and O–H groups in total. The molecule has 5 nitrogen and oxygen atoms in total. The summed E-state index contributed by atoms with van der Waals surface area (Å²) >= 11 is 0. The fourth-order valence-electron chi connectivity index (χ4n) is 3.25. The van der Waals surface area contributed by atoms with Crippen LogP contribution in [0.25, 0.3) is 6.08 Å². The third kappa shape index (κ3) is 5.26. The molecular formula is C21H28N2O3. The van der Waals surface area contributed by atoms with E-state index in [4.69, 9.17) is 9.47 Å². The van der Waals surface area contributed by atoms with Gasteiger partial charge in [-0.3, -0.25) is 4.79 Å². The highest BCUT2D eigenvalue weighted by Crippen LogP contribution is 2.29. The number of carbonyl (C=O) groups excluding carboxylic acids is 1. The van der Waals surface area contributed by atoms with E-state index in [1.807, 2.05) is 26.0 Å². The van der Waals surface area contributed by atoms with Crippen LogP contribution in [0.2, 0.25) is 0 Å². The summed E-state index contributed by atoms with van der Waals surface area (Å²) in [6.45, 7) is 7.02. The zero-order valence-electron chi connectivity index (χ0n) is 15.9. The van der Waals surface area contributed by atoms with Crippen molar-refractivity contribution in [2.45, 2.75) is 52.5 Å². The number of nitriles is 1. The molecule has 1 aliphatic carbocycles. The van der Waals surface area contributed by atoms with Crippen molar-refractivity contribution in [2.75, 3.05) is 13.2 Å². The van der Waals surface area contributed by atoms with E-state index in [0.29, 0.717) is 30.6 Å². The molecule has 1 aromatic rings. The highest BCUT2D eigenvalue weighted by molar-refractivity contribution is 6.01. The Hall–Kier alpha value is -2.48. The molecular weight excluding hydrogens is 328 g/mol. The summed E-state index contributed by atoms with van der Waals surface area (Å²) in [7, 11) is 0. The maximum absolute atomic E-state index is 12.5. The molecule has 0 aliphatic heterocycles. The van der Waals surface area contributed by atoms with Crippen molar-refractivity contribution in [3.63, 3.8) is 0 Å². The van der Waals surface area contributed by atoms with Gasteiger partial charge < -0.3 is 14.8 Å². The number of hydrogen-bond donors (Lipinski definition) is 1. The highest BCUT2D eigenvalue weighted by atomic mass is 16.5. The fraction of sp³-hybridized carbons (Fsp3) is 0.524. The van der Waals surface area contributed by atoms with Crippen molar-refractivity contribution in [1.29, 1.82) is 5.26 Å². The molecule has 1 fully saturated rings. The normalized spacial score (nSPS) is 20.2. The minimum absolute atomic E-state index is 0.106. The van der Waals surface area contributed by atoms with Gasteiger partial charge in [-0.1, -0.05) is 25.8 Å². The van der Waals surface area contributed by atoms with Crippen LogP contribution in [-0.2, 0) is 4.79 Å². The molecule has 0 saturated heterocycles. The summed E-state index contributed by atoms with van der Waals surface area (Å²) in [5, 5.41) is 12.5. The summed E-state index contributed by atoms with van der Waals surface area (Å²) < 4.78 is 11.1. The average molecular weight is 356 g/mol. The number of carbonyl (C=O) groups is 1. The van der Waals surface area contributed by atoms with Crippen LogP contribution in [0.5, 0.6) is 11.5 Å². The van der Waals surface area contributed by atoms with Gasteiger partial charge in [0, 0.05) is 6.04 Å². The Bertz CT molecular complexity index is 691. The van der Waals surface area contributed by atoms with Crippen LogP contribution in [-0.4, -0.2) is 25.2 Å². The Kier molecular flexibility index (Phi) is 7.53. The third-order valence-electron chi connectivity index (χ3n) is 4.67. The zero-order chi connectivity index (χ0) is 18.9. The van der Waals surface area contributed by atoms with Crippen molar-refractivity contribution < 1.29 is 14.3 Å². The molecule has 1 aromatic carbocycles. The standard InChI is InChI=1S/C21H28N2O3/c1-4-25-19-11-10-16(13-20(19)26-5-2)12-17(14-22)21(24)23-18-9-7-6-8-15(18)3/h10-13,15,18H,4-9H2,1-3H3,(H,23,24)/b17-12+/t15-,18-/m1/s1. The fourth-order valence-corrected chi connectivity index (χ4v) is 3.25. The molecule has 0 aromatic heterocycles. The van der Waals surface area contributed by atoms with Crippen LogP contribution in [0.4, 0.5) is 0 Å². The van der Waals surface area contributed by atoms with E-state index < -0.39 is 0 Å². The number of rotatable bonds is 7. The first kappa shape index (κ1) is 19.8. The Balaban J connectivity index is 2.17. The van der Waals surface area contributed by atoms with E-state index in [1.54, 1.807) is 18.2 Å². The van der Waals surface area contributed by atoms with E-state index in [0.717, 1.165) is 24.8 Å². The van der Waals surface area contributed by atoms with Gasteiger partial charge in [0.2, 0.25) is 0 Å². The summed E-state index contributed by atoms with van der Waals surface area (Å²) in [5.41, 5.74) is 0.842. The first-order chi connectivity index (χ1) is 12.6. The second kappa shape index (κ2) is 9.86. The van der Waals surface area contributed by atoms with Gasteiger partial charge in [0.15, 0.2) is 11.5 Å². The number of benzene rings is 1. The average Bonchev–Trinajstić information content (AvgIpc) is 2.64. The van der Waals surface area contributed by atoms with Gasteiger partial charge in [-0.25, -0.2) is 0 Å². The molecule has 140 valence electrons. The number of hydrogen-bond acceptors (Lipinski definition) is 4. The minimum Gasteiger partial charge on any atom is -0.490 e. The predicted octanol–water partition coefficient (Wildman–Crippen LogP) is 4.09. The smallest absolute Gasteiger partial charge is 0.262 e. The quantitative estimate of drug-likeness (QED) is 0.590. The molecule has 26 heavy (non-hydrogen) atoms. The van der Waals surface area contributed by atoms with Crippen molar-refractivity contribution >= 4 is 12.0 Å². The van der Waals surface area contributed by atoms with E-state index >= 15 is 0 Å². The monoisotopic (exact) mass is 356 g/mol. The lowest BCUT2D eigenvalue weighted by Gasteiger charge is -2.29. The van der Waals surface area contributed by atoms with Crippen LogP contribution in [0.1, 0.15) is 52.0 Å². The van der Waals surface area contributed by atoms with Gasteiger partial charge in [-0.05, 0) is 56.4 Å². The minimum atomic E-state index is -0.307. The van der Waals surface area contributed by atoms with Crippen molar-refractivity contribution in [3.8, 4) is 17.6 Å². The van der Waals surface area contributed by atoms with Crippen LogP contribution >= 0.6 is 0 Å². The topological polar surface area (TPSA) is 71.3 Å². The predicted molar refractivity (Wildman–Crippen MR) is 102 cm³/mol. The van der Waals surface area contributed by atoms with E-state index in [2.05, 4.69) is 12.2 Å². The maximum Gasteiger partial charge on any atom is 0.262 e. The summed E-state index contributed by atoms with van der Waals surface area (Å²) in [4.78, 5) is 12.5. The van der Waals surface area contributed by atoms with Gasteiger partial charge in [-0.2, -0.15) is 5.26 Å². The van der Waals surface area contributed by atoms with Crippen LogP contribution in [0.3, 0.4) is 0 Å². The molecule has 0 heterocycles. The summed E-state index contributed by atoms with van der Waals surface area (Å²) in [6, 6.07) is 7.59. The summed E-state index contributed by atoms with van der Waals surface area (Å²) in [6.07, 6.45) is 6.02. The summed E-state index contributed by atoms with van der Waals surface area (Å²) in [5.74, 6) is 1.41. The SMILES string of the molecule is CCOc1ccc(/C=C(\C#N)C(=O)N[C@@H]2CCCC[C@H]2C)cc1OCC. The lowest BCUT2D eigenvalue weighted by molar-refractivity contribution is -0.118. The van der Waals surface area contributed by atoms with Crippen LogP contribution < -0.4 is 14.8 Å². The lowest BCUT2D eigenvalue weighted by Crippen LogP contribution is -2.41. The number of ether oxygens (including phenoxy) is 2. The second-order valence-electron chi connectivity index (χ2n) is 6.58. The first-order valence-electron chi connectivity index (χ1n) is 9.41. The molecule has 2 rings (SSSR count). The number of nitrogens with one attached hydrogen (secondary N) is 1. The lowest BCUT2D eigenvalue weighted by atomic mass is 9.86. The van der Waals surface area contributed by atoms with E-state index in [-0.39, 0.29) is 17.5 Å². The largest absolute Gasteiger partial charge is 0.490 e. The molecule has 5 heteroatoms. The van der Waals surface area contributed by atoms with Crippen LogP contribution in [0.15, 0.2) is 23.8 Å². The first-order valence-corrected chi connectivity index (χ1v) is 9.41. The van der Waals surface area contributed by atoms with Crippen LogP contribution in [0, 0.1) is 17.2 Å². The Morgan fingerprint density at radius 1 is 1.23 bits per heavy atom. The third-order valence-corrected chi connectivity index (χ3v) is 4.67. The molecule has 1 aliphatic rings. The number of amides is 1. The zero-order valence-corrected chi connectivity index (χ0v) is 15.9. The van der Waals surface area contributed by atoms with Crippen molar-refractivity contribution in [2.24, 2.45) is 5.92 Å². The molecule has 1 amide bonds. The Labute approximate surface area is 156 Å². The molecule has 0 bridgehead atoms. The molecule has 2 atom stereocenters. The number of nitrogens with zero attached hydrogens (tertiary/aromatic N) is 1. The maximum atomic E-state index is 12.5. The van der Waals surface area contributed by atoms with Gasteiger partial charge >= 0.3 is 0 Å². The molecule has 1 saturated carbocycles. The van der Waals surface area contributed by atoms with E-state index in [9.17, 15) is 10.1 Å². The molecule has 0 spiro atoms. The van der Waals surface area contributed by atoms with E-state index in [1.165, 1.54) is 6.42 Å². The molecule has 0 radical (unpaired) electrons. The van der Waals surface area contributed by atoms with Gasteiger partial charge in [0.1, 0.15) is 11.6 Å². The van der Waals surface area contributed by atoms with Gasteiger partial charge in [0.05, 0.1) is 13.2 Å². The van der Waals surface area contributed by atoms with Gasteiger partial charge in [-0.15, -0.1) is 0 Å². The highest BCUT2D eigenvalue weighted by Gasteiger charge is 2.24. The Morgan fingerprint density at radius 3 is 2.58 bits per heavy atom. The second-order valence-corrected chi connectivity index (χ2v) is 6.58. The van der Waals surface area contributed by atoms with Crippen molar-refractivity contribution in [1.82, 2.24) is 5.32 Å². The Morgan fingerprint density at radius 2 is 1.92 bits per heavy atom. The van der Waals surface area contributed by atoms with Gasteiger partial charge in [0.25, 0.3) is 5.91 Å².